The van der Waals surface area contributed by atoms with Crippen molar-refractivity contribution in [2.75, 3.05) is 5.32 Å². The number of benzene rings is 2. The molecule has 5 rings (SSSR count). The minimum absolute atomic E-state index is 0.144. The third kappa shape index (κ3) is 3.28. The van der Waals surface area contributed by atoms with E-state index in [1.54, 1.807) is 35.5 Å². The smallest absolute Gasteiger partial charge is 0.306 e. The predicted molar refractivity (Wildman–Crippen MR) is 114 cm³/mol. The minimum Gasteiger partial charge on any atom is -0.306 e. The van der Waals surface area contributed by atoms with Gasteiger partial charge in [0.1, 0.15) is 0 Å². The van der Waals surface area contributed by atoms with E-state index < -0.39 is 0 Å². The number of hydrazone groups is 1. The molecule has 0 spiro atoms. The molecule has 2 amide bonds. The fourth-order valence-corrected chi connectivity index (χ4v) is 4.36. The number of fused-ring (bicyclic) bond motifs is 3. The van der Waals surface area contributed by atoms with Gasteiger partial charge in [-0.25, -0.2) is 9.80 Å². The van der Waals surface area contributed by atoms with Crippen LogP contribution >= 0.6 is 11.6 Å². The van der Waals surface area contributed by atoms with Gasteiger partial charge in [0.25, 0.3) is 0 Å². The van der Waals surface area contributed by atoms with Gasteiger partial charge in [-0.1, -0.05) is 41.9 Å². The van der Waals surface area contributed by atoms with Crippen LogP contribution in [0, 0.1) is 5.92 Å². The van der Waals surface area contributed by atoms with Gasteiger partial charge in [-0.05, 0) is 54.3 Å². The third-order valence-electron chi connectivity index (χ3n) is 5.56. The number of aromatic nitrogens is 1. The van der Waals surface area contributed by atoms with Crippen LogP contribution in [0.1, 0.15) is 29.2 Å². The number of nitrogens with zero attached hydrogens (tertiary/aromatic N) is 3. The van der Waals surface area contributed by atoms with Crippen molar-refractivity contribution in [1.82, 2.24) is 9.99 Å². The van der Waals surface area contributed by atoms with E-state index in [-0.39, 0.29) is 18.0 Å². The number of halogens is 1. The lowest BCUT2D eigenvalue weighted by atomic mass is 9.77. The topological polar surface area (TPSA) is 57.6 Å². The molecular formula is C23H19ClN4O. The number of hydrogen-bond acceptors (Lipinski definition) is 3. The highest BCUT2D eigenvalue weighted by Gasteiger charge is 2.44. The highest BCUT2D eigenvalue weighted by atomic mass is 35.5. The number of amides is 2. The SMILES string of the molecule is O=C(Nc1ccc(Cl)cc1)N1N=C2c3ccccc3CC[C@H]2[C@@H]1c1cccnc1. The van der Waals surface area contributed by atoms with Crippen LogP contribution in [0.15, 0.2) is 78.2 Å². The first-order chi connectivity index (χ1) is 14.2. The second kappa shape index (κ2) is 7.33. The molecule has 144 valence electrons. The van der Waals surface area contributed by atoms with Crippen LogP contribution in [0.4, 0.5) is 10.5 Å². The lowest BCUT2D eigenvalue weighted by Crippen LogP contribution is -2.34. The van der Waals surface area contributed by atoms with E-state index in [9.17, 15) is 4.79 Å². The van der Waals surface area contributed by atoms with Crippen LogP contribution in [-0.2, 0) is 6.42 Å². The summed E-state index contributed by atoms with van der Waals surface area (Å²) in [7, 11) is 0. The molecular weight excluding hydrogens is 384 g/mol. The van der Waals surface area contributed by atoms with E-state index in [0.717, 1.165) is 29.7 Å². The van der Waals surface area contributed by atoms with E-state index in [1.165, 1.54) is 5.56 Å². The molecule has 2 aromatic carbocycles. The van der Waals surface area contributed by atoms with Crippen LogP contribution in [0.3, 0.4) is 0 Å². The summed E-state index contributed by atoms with van der Waals surface area (Å²) in [5.41, 5.74) is 5.07. The molecule has 2 atom stereocenters. The van der Waals surface area contributed by atoms with E-state index in [1.807, 2.05) is 24.4 Å². The van der Waals surface area contributed by atoms with Gasteiger partial charge in [0.2, 0.25) is 0 Å². The van der Waals surface area contributed by atoms with Gasteiger partial charge in [-0.2, -0.15) is 5.10 Å². The molecule has 0 saturated carbocycles. The molecule has 3 aromatic rings. The molecule has 1 aliphatic carbocycles. The Morgan fingerprint density at radius 2 is 1.90 bits per heavy atom. The number of rotatable bonds is 2. The summed E-state index contributed by atoms with van der Waals surface area (Å²) in [4.78, 5) is 17.5. The highest BCUT2D eigenvalue weighted by molar-refractivity contribution is 6.30. The molecule has 29 heavy (non-hydrogen) atoms. The monoisotopic (exact) mass is 402 g/mol. The van der Waals surface area contributed by atoms with Gasteiger partial charge in [0.05, 0.1) is 11.8 Å². The molecule has 0 fully saturated rings. The van der Waals surface area contributed by atoms with E-state index in [4.69, 9.17) is 16.7 Å². The summed E-state index contributed by atoms with van der Waals surface area (Å²) in [5, 5.41) is 9.95. The maximum absolute atomic E-state index is 13.2. The summed E-state index contributed by atoms with van der Waals surface area (Å²) in [6.45, 7) is 0. The van der Waals surface area contributed by atoms with Crippen molar-refractivity contribution in [3.05, 3.63) is 94.8 Å². The molecule has 1 N–H and O–H groups in total. The Labute approximate surface area is 174 Å². The summed E-state index contributed by atoms with van der Waals surface area (Å²) < 4.78 is 0. The van der Waals surface area contributed by atoms with E-state index in [2.05, 4.69) is 28.5 Å². The number of aryl methyl sites for hydroxylation is 1. The van der Waals surface area contributed by atoms with Crippen molar-refractivity contribution in [2.45, 2.75) is 18.9 Å². The van der Waals surface area contributed by atoms with Gasteiger partial charge < -0.3 is 5.32 Å². The quantitative estimate of drug-likeness (QED) is 0.633. The Hall–Kier alpha value is -3.18. The van der Waals surface area contributed by atoms with Crippen molar-refractivity contribution < 1.29 is 4.79 Å². The van der Waals surface area contributed by atoms with Crippen LogP contribution in [0.25, 0.3) is 0 Å². The average Bonchev–Trinajstić information content (AvgIpc) is 3.16. The van der Waals surface area contributed by atoms with E-state index >= 15 is 0 Å². The molecule has 0 radical (unpaired) electrons. The lowest BCUT2D eigenvalue weighted by molar-refractivity contribution is 0.188. The maximum Gasteiger partial charge on any atom is 0.342 e. The van der Waals surface area contributed by atoms with Crippen molar-refractivity contribution in [2.24, 2.45) is 11.0 Å². The first kappa shape index (κ1) is 17.9. The van der Waals surface area contributed by atoms with Crippen LogP contribution in [0.2, 0.25) is 5.02 Å². The molecule has 6 heteroatoms. The first-order valence-corrected chi connectivity index (χ1v) is 10.0. The number of urea groups is 1. The summed E-state index contributed by atoms with van der Waals surface area (Å²) in [5.74, 6) is 0.144. The van der Waals surface area contributed by atoms with Crippen LogP contribution in [0.5, 0.6) is 0 Å². The summed E-state index contributed by atoms with van der Waals surface area (Å²) >= 11 is 5.96. The Balaban J connectivity index is 1.53. The van der Waals surface area contributed by atoms with Crippen molar-refractivity contribution >= 4 is 29.0 Å². The lowest BCUT2D eigenvalue weighted by Gasteiger charge is -2.29. The molecule has 0 bridgehead atoms. The van der Waals surface area contributed by atoms with Crippen molar-refractivity contribution in [3.63, 3.8) is 0 Å². The van der Waals surface area contributed by atoms with Gasteiger partial charge in [-0.15, -0.1) is 0 Å². The van der Waals surface area contributed by atoms with Gasteiger partial charge in [0.15, 0.2) is 0 Å². The molecule has 1 aromatic heterocycles. The number of hydrogen-bond donors (Lipinski definition) is 1. The molecule has 2 aliphatic rings. The fraction of sp³-hybridized carbons (Fsp3) is 0.174. The molecule has 2 heterocycles. The first-order valence-electron chi connectivity index (χ1n) is 9.63. The number of nitrogens with one attached hydrogen (secondary N) is 1. The Kier molecular flexibility index (Phi) is 4.52. The summed E-state index contributed by atoms with van der Waals surface area (Å²) in [6, 6.07) is 18.9. The number of carbonyl (C=O) groups excluding carboxylic acids is 1. The summed E-state index contributed by atoms with van der Waals surface area (Å²) in [6.07, 6.45) is 5.49. The zero-order chi connectivity index (χ0) is 19.8. The Bertz CT molecular complexity index is 1080. The number of carbonyl (C=O) groups is 1. The number of pyridine rings is 1. The molecule has 0 unspecified atom stereocenters. The fourth-order valence-electron chi connectivity index (χ4n) is 4.23. The Morgan fingerprint density at radius 3 is 2.69 bits per heavy atom. The van der Waals surface area contributed by atoms with Gasteiger partial charge in [0, 0.05) is 34.6 Å². The number of anilines is 1. The average molecular weight is 403 g/mol. The zero-order valence-corrected chi connectivity index (χ0v) is 16.4. The van der Waals surface area contributed by atoms with Crippen molar-refractivity contribution in [1.29, 1.82) is 0 Å². The minimum atomic E-state index is -0.263. The van der Waals surface area contributed by atoms with Crippen LogP contribution in [-0.4, -0.2) is 21.7 Å². The van der Waals surface area contributed by atoms with Crippen LogP contribution < -0.4 is 5.32 Å². The highest BCUT2D eigenvalue weighted by Crippen LogP contribution is 2.43. The standard InChI is InChI=1S/C23H19ClN4O/c24-17-8-10-18(11-9-17)26-23(29)28-22(16-5-3-13-25-14-16)20-12-7-15-4-1-2-6-19(15)21(20)27-28/h1-6,8-11,13-14,20,22H,7,12H2,(H,26,29)/t20-,22+/m1/s1. The third-order valence-corrected chi connectivity index (χ3v) is 5.81. The molecule has 5 nitrogen and oxygen atoms in total. The maximum atomic E-state index is 13.2. The van der Waals surface area contributed by atoms with Crippen molar-refractivity contribution in [3.8, 4) is 0 Å². The van der Waals surface area contributed by atoms with Gasteiger partial charge in [-0.3, -0.25) is 4.98 Å². The zero-order valence-electron chi connectivity index (χ0n) is 15.6. The van der Waals surface area contributed by atoms with E-state index in [0.29, 0.717) is 10.7 Å². The second-order valence-corrected chi connectivity index (χ2v) is 7.74. The molecule has 0 saturated heterocycles. The predicted octanol–water partition coefficient (Wildman–Crippen LogP) is 5.29. The molecule has 1 aliphatic heterocycles. The Morgan fingerprint density at radius 1 is 1.07 bits per heavy atom. The second-order valence-electron chi connectivity index (χ2n) is 7.30. The largest absolute Gasteiger partial charge is 0.342 e. The normalized spacial score (nSPS) is 19.9. The van der Waals surface area contributed by atoms with Gasteiger partial charge >= 0.3 is 6.03 Å².